The molecule has 21 heavy (non-hydrogen) atoms. The second kappa shape index (κ2) is 7.85. The maximum absolute atomic E-state index is 12.9. The largest absolute Gasteiger partial charge is 0.398 e. The highest BCUT2D eigenvalue weighted by atomic mass is 19.1. The van der Waals surface area contributed by atoms with E-state index in [1.807, 2.05) is 0 Å². The molecule has 0 atom stereocenters. The minimum absolute atomic E-state index is 0.249. The molecule has 4 N–H and O–H groups in total. The van der Waals surface area contributed by atoms with Crippen molar-refractivity contribution in [2.24, 2.45) is 0 Å². The van der Waals surface area contributed by atoms with Gasteiger partial charge in [0.1, 0.15) is 0 Å². The summed E-state index contributed by atoms with van der Waals surface area (Å²) < 4.78 is 12.9. The molecule has 0 bridgehead atoms. The predicted molar refractivity (Wildman–Crippen MR) is 90.2 cm³/mol. The van der Waals surface area contributed by atoms with Crippen molar-refractivity contribution in [3.63, 3.8) is 0 Å². The zero-order valence-corrected chi connectivity index (χ0v) is 12.1. The molecule has 0 amide bonds. The van der Waals surface area contributed by atoms with Crippen LogP contribution in [-0.4, -0.2) is 6.21 Å². The number of anilines is 2. The quantitative estimate of drug-likeness (QED) is 0.388. The van der Waals surface area contributed by atoms with E-state index in [2.05, 4.69) is 18.5 Å². The van der Waals surface area contributed by atoms with E-state index >= 15 is 0 Å². The third-order valence-corrected chi connectivity index (χ3v) is 2.86. The Hall–Kier alpha value is -2.62. The molecule has 4 heteroatoms. The lowest BCUT2D eigenvalue weighted by molar-refractivity contribution is 0.636. The number of rotatable bonds is 7. The third kappa shape index (κ3) is 4.76. The van der Waals surface area contributed by atoms with Gasteiger partial charge in [0.25, 0.3) is 0 Å². The fourth-order valence-electron chi connectivity index (χ4n) is 1.75. The number of allylic oxidation sites excluding steroid dienone is 5. The van der Waals surface area contributed by atoms with Crippen LogP contribution in [0, 0.1) is 5.41 Å². The van der Waals surface area contributed by atoms with E-state index in [4.69, 9.17) is 11.1 Å². The van der Waals surface area contributed by atoms with Crippen molar-refractivity contribution in [2.75, 3.05) is 11.1 Å². The summed E-state index contributed by atoms with van der Waals surface area (Å²) in [6, 6.07) is 3.51. The average Bonchev–Trinajstić information content (AvgIpc) is 2.46. The Bertz CT molecular complexity index is 609. The van der Waals surface area contributed by atoms with Gasteiger partial charge in [-0.2, -0.15) is 0 Å². The summed E-state index contributed by atoms with van der Waals surface area (Å²) >= 11 is 0. The highest BCUT2D eigenvalue weighted by Gasteiger charge is 2.09. The fourth-order valence-corrected chi connectivity index (χ4v) is 1.75. The standard InChI is InChI=1S/C17H20FN3/c1-4-5-8-21-17-9-14(11-19)16(20)10-15(17)12(2)6-7-13(3)18/h4-5,7-11,19,21H,1-2,6,20H2,3H3/b8-5+,13-7+,19-11?. The average molecular weight is 285 g/mol. The summed E-state index contributed by atoms with van der Waals surface area (Å²) in [7, 11) is 0. The van der Waals surface area contributed by atoms with Crippen molar-refractivity contribution in [3.05, 3.63) is 66.7 Å². The maximum Gasteiger partial charge on any atom is 0.0932 e. The number of halogens is 1. The van der Waals surface area contributed by atoms with E-state index in [9.17, 15) is 4.39 Å². The highest BCUT2D eigenvalue weighted by Crippen LogP contribution is 2.30. The number of nitrogens with one attached hydrogen (secondary N) is 2. The van der Waals surface area contributed by atoms with Crippen molar-refractivity contribution in [2.45, 2.75) is 13.3 Å². The number of benzene rings is 1. The van der Waals surface area contributed by atoms with Crippen molar-refractivity contribution in [1.82, 2.24) is 0 Å². The van der Waals surface area contributed by atoms with Gasteiger partial charge in [0, 0.05) is 34.9 Å². The third-order valence-electron chi connectivity index (χ3n) is 2.86. The van der Waals surface area contributed by atoms with Crippen LogP contribution < -0.4 is 11.1 Å². The summed E-state index contributed by atoms with van der Waals surface area (Å²) in [5.74, 6) is -0.249. The Morgan fingerprint density at radius 3 is 2.76 bits per heavy atom. The molecule has 0 fully saturated rings. The summed E-state index contributed by atoms with van der Waals surface area (Å²) in [5.41, 5.74) is 9.30. The first-order chi connectivity index (χ1) is 9.99. The molecule has 3 nitrogen and oxygen atoms in total. The molecule has 0 unspecified atom stereocenters. The van der Waals surface area contributed by atoms with Gasteiger partial charge in [0.2, 0.25) is 0 Å². The van der Waals surface area contributed by atoms with Crippen LogP contribution in [-0.2, 0) is 0 Å². The molecule has 1 rings (SSSR count). The molecule has 1 aromatic carbocycles. The molecule has 0 aliphatic heterocycles. The van der Waals surface area contributed by atoms with Gasteiger partial charge >= 0.3 is 0 Å². The lowest BCUT2D eigenvalue weighted by atomic mass is 9.99. The normalized spacial score (nSPS) is 11.4. The summed E-state index contributed by atoms with van der Waals surface area (Å²) in [6.45, 7) is 8.97. The molecular weight excluding hydrogens is 265 g/mol. The van der Waals surface area contributed by atoms with Gasteiger partial charge in [0.05, 0.1) is 5.83 Å². The van der Waals surface area contributed by atoms with Gasteiger partial charge in [-0.1, -0.05) is 19.2 Å². The van der Waals surface area contributed by atoms with E-state index in [-0.39, 0.29) is 5.83 Å². The minimum atomic E-state index is -0.249. The van der Waals surface area contributed by atoms with E-state index in [1.54, 1.807) is 30.5 Å². The van der Waals surface area contributed by atoms with Gasteiger partial charge < -0.3 is 16.5 Å². The first-order valence-electron chi connectivity index (χ1n) is 6.48. The smallest absolute Gasteiger partial charge is 0.0932 e. The summed E-state index contributed by atoms with van der Waals surface area (Å²) in [4.78, 5) is 0. The molecule has 0 aromatic heterocycles. The first kappa shape index (κ1) is 16.4. The Morgan fingerprint density at radius 2 is 2.19 bits per heavy atom. The molecule has 0 aliphatic carbocycles. The second-order valence-electron chi connectivity index (χ2n) is 4.51. The summed E-state index contributed by atoms with van der Waals surface area (Å²) in [5, 5.41) is 10.5. The summed E-state index contributed by atoms with van der Waals surface area (Å²) in [6.07, 6.45) is 8.16. The van der Waals surface area contributed by atoms with E-state index < -0.39 is 0 Å². The Balaban J connectivity index is 3.20. The van der Waals surface area contributed by atoms with Crippen LogP contribution in [0.25, 0.3) is 5.57 Å². The Kier molecular flexibility index (Phi) is 6.14. The maximum atomic E-state index is 12.9. The number of nitrogens with two attached hydrogens (primary N) is 1. The molecule has 0 heterocycles. The van der Waals surface area contributed by atoms with Crippen LogP contribution in [0.5, 0.6) is 0 Å². The van der Waals surface area contributed by atoms with Crippen molar-refractivity contribution in [3.8, 4) is 0 Å². The lowest BCUT2D eigenvalue weighted by Gasteiger charge is -2.14. The van der Waals surface area contributed by atoms with Gasteiger partial charge in [0.15, 0.2) is 0 Å². The molecular formula is C17H20FN3. The number of hydrogen-bond donors (Lipinski definition) is 3. The molecule has 0 radical (unpaired) electrons. The predicted octanol–water partition coefficient (Wildman–Crippen LogP) is 4.65. The van der Waals surface area contributed by atoms with Crippen LogP contribution in [0.15, 0.2) is 55.5 Å². The zero-order valence-electron chi connectivity index (χ0n) is 12.1. The Labute approximate surface area is 124 Å². The number of nitrogen functional groups attached to an aromatic ring is 1. The van der Waals surface area contributed by atoms with Crippen molar-refractivity contribution in [1.29, 1.82) is 5.41 Å². The van der Waals surface area contributed by atoms with Crippen molar-refractivity contribution < 1.29 is 4.39 Å². The van der Waals surface area contributed by atoms with E-state index in [1.165, 1.54) is 19.2 Å². The van der Waals surface area contributed by atoms with Crippen LogP contribution in [0.4, 0.5) is 15.8 Å². The zero-order chi connectivity index (χ0) is 15.8. The topological polar surface area (TPSA) is 61.9 Å². The van der Waals surface area contributed by atoms with E-state index in [0.717, 1.165) is 16.8 Å². The van der Waals surface area contributed by atoms with Gasteiger partial charge in [-0.05, 0) is 43.2 Å². The van der Waals surface area contributed by atoms with Crippen LogP contribution >= 0.6 is 0 Å². The monoisotopic (exact) mass is 285 g/mol. The van der Waals surface area contributed by atoms with Crippen LogP contribution in [0.3, 0.4) is 0 Å². The van der Waals surface area contributed by atoms with Gasteiger partial charge in [-0.3, -0.25) is 0 Å². The molecule has 110 valence electrons. The molecule has 0 spiro atoms. The highest BCUT2D eigenvalue weighted by molar-refractivity contribution is 5.91. The van der Waals surface area contributed by atoms with Crippen LogP contribution in [0.2, 0.25) is 0 Å². The minimum Gasteiger partial charge on any atom is -0.398 e. The number of hydrogen-bond acceptors (Lipinski definition) is 3. The van der Waals surface area contributed by atoms with Gasteiger partial charge in [-0.15, -0.1) is 0 Å². The van der Waals surface area contributed by atoms with Crippen molar-refractivity contribution >= 4 is 23.2 Å². The lowest BCUT2D eigenvalue weighted by Crippen LogP contribution is -2.00. The second-order valence-corrected chi connectivity index (χ2v) is 4.51. The molecule has 0 saturated heterocycles. The molecule has 0 aliphatic rings. The van der Waals surface area contributed by atoms with E-state index in [0.29, 0.717) is 17.7 Å². The molecule has 1 aromatic rings. The first-order valence-corrected chi connectivity index (χ1v) is 6.48. The molecule has 0 saturated carbocycles. The van der Waals surface area contributed by atoms with Gasteiger partial charge in [-0.25, -0.2) is 4.39 Å². The van der Waals surface area contributed by atoms with Crippen LogP contribution in [0.1, 0.15) is 24.5 Å². The fraction of sp³-hybridized carbons (Fsp3) is 0.118. The SMILES string of the molecule is C=C/C=C/Nc1cc(C=N)c(N)cc1C(=C)C/C=C(\C)F. The Morgan fingerprint density at radius 1 is 1.48 bits per heavy atom.